The van der Waals surface area contributed by atoms with Crippen LogP contribution in [0.3, 0.4) is 0 Å². The molecule has 3 nitrogen and oxygen atoms in total. The van der Waals surface area contributed by atoms with E-state index < -0.39 is 0 Å². The molecule has 0 aromatic carbocycles. The molecule has 118 valence electrons. The number of aryl methyl sites for hydroxylation is 1. The van der Waals surface area contributed by atoms with E-state index in [0.717, 1.165) is 31.7 Å². The van der Waals surface area contributed by atoms with E-state index >= 15 is 0 Å². The summed E-state index contributed by atoms with van der Waals surface area (Å²) in [7, 11) is 2.20. The largest absolute Gasteiger partial charge is 0.357 e. The van der Waals surface area contributed by atoms with Crippen molar-refractivity contribution in [1.29, 1.82) is 0 Å². The molecular formula is C18H31N3. The van der Waals surface area contributed by atoms with Crippen LogP contribution >= 0.6 is 0 Å². The van der Waals surface area contributed by atoms with Gasteiger partial charge >= 0.3 is 0 Å². The minimum Gasteiger partial charge on any atom is -0.357 e. The molecule has 1 aliphatic rings. The van der Waals surface area contributed by atoms with Crippen LogP contribution in [0.15, 0.2) is 12.1 Å². The zero-order valence-electron chi connectivity index (χ0n) is 14.2. The van der Waals surface area contributed by atoms with Crippen LogP contribution in [-0.4, -0.2) is 24.6 Å². The van der Waals surface area contributed by atoms with Gasteiger partial charge in [0.1, 0.15) is 5.82 Å². The highest BCUT2D eigenvalue weighted by atomic mass is 15.2. The Morgan fingerprint density at radius 1 is 1.33 bits per heavy atom. The second-order valence-electron chi connectivity index (χ2n) is 6.80. The van der Waals surface area contributed by atoms with Gasteiger partial charge in [0.05, 0.1) is 0 Å². The number of hydrogen-bond donors (Lipinski definition) is 1. The van der Waals surface area contributed by atoms with E-state index in [-0.39, 0.29) is 0 Å². The number of aromatic nitrogens is 1. The molecule has 1 heterocycles. The van der Waals surface area contributed by atoms with Crippen LogP contribution in [0.1, 0.15) is 57.7 Å². The van der Waals surface area contributed by atoms with Gasteiger partial charge in [-0.25, -0.2) is 4.98 Å². The fourth-order valence-electron chi connectivity index (χ4n) is 2.77. The lowest BCUT2D eigenvalue weighted by Crippen LogP contribution is -2.37. The van der Waals surface area contributed by atoms with E-state index in [1.165, 1.54) is 30.5 Å². The van der Waals surface area contributed by atoms with Crippen molar-refractivity contribution in [1.82, 2.24) is 10.3 Å². The van der Waals surface area contributed by atoms with Gasteiger partial charge in [-0.15, -0.1) is 0 Å². The van der Waals surface area contributed by atoms with E-state index in [1.54, 1.807) is 0 Å². The van der Waals surface area contributed by atoms with Crippen molar-refractivity contribution in [2.75, 3.05) is 18.5 Å². The Balaban J connectivity index is 2.09. The highest BCUT2D eigenvalue weighted by Crippen LogP contribution is 2.28. The summed E-state index contributed by atoms with van der Waals surface area (Å²) in [5.74, 6) is 1.85. The Hall–Kier alpha value is -1.09. The maximum atomic E-state index is 4.87. The summed E-state index contributed by atoms with van der Waals surface area (Å²) in [6.07, 6.45) is 6.23. The average molecular weight is 289 g/mol. The van der Waals surface area contributed by atoms with Gasteiger partial charge in [0.25, 0.3) is 0 Å². The van der Waals surface area contributed by atoms with Crippen molar-refractivity contribution in [2.24, 2.45) is 5.92 Å². The summed E-state index contributed by atoms with van der Waals surface area (Å²) in [4.78, 5) is 7.25. The number of hydrogen-bond acceptors (Lipinski definition) is 3. The molecule has 1 aromatic rings. The number of pyridine rings is 1. The Morgan fingerprint density at radius 3 is 2.67 bits per heavy atom. The van der Waals surface area contributed by atoms with Gasteiger partial charge in [0.2, 0.25) is 0 Å². The summed E-state index contributed by atoms with van der Waals surface area (Å²) >= 11 is 0. The maximum absolute atomic E-state index is 4.87. The van der Waals surface area contributed by atoms with Crippen LogP contribution in [-0.2, 0) is 13.0 Å². The van der Waals surface area contributed by atoms with Crippen LogP contribution in [0.5, 0.6) is 0 Å². The standard InChI is InChI=1S/C18H31N3/c1-5-7-16-10-15(13-19-12-14(2)3)11-18(20-16)21(4)17-8-6-9-17/h10-11,14,17,19H,5-9,12-13H2,1-4H3. The average Bonchev–Trinajstić information content (AvgIpc) is 2.36. The van der Waals surface area contributed by atoms with Crippen molar-refractivity contribution in [3.05, 3.63) is 23.4 Å². The summed E-state index contributed by atoms with van der Waals surface area (Å²) in [5.41, 5.74) is 2.61. The maximum Gasteiger partial charge on any atom is 0.129 e. The van der Waals surface area contributed by atoms with Crippen molar-refractivity contribution in [3.63, 3.8) is 0 Å². The topological polar surface area (TPSA) is 28.2 Å². The van der Waals surface area contributed by atoms with Crippen molar-refractivity contribution in [3.8, 4) is 0 Å². The van der Waals surface area contributed by atoms with Gasteiger partial charge in [-0.3, -0.25) is 0 Å². The van der Waals surface area contributed by atoms with Gasteiger partial charge in [-0.2, -0.15) is 0 Å². The number of rotatable bonds is 8. The second-order valence-corrected chi connectivity index (χ2v) is 6.80. The van der Waals surface area contributed by atoms with E-state index in [2.05, 4.69) is 50.2 Å². The molecule has 1 N–H and O–H groups in total. The van der Waals surface area contributed by atoms with Gasteiger partial charge in [-0.1, -0.05) is 27.2 Å². The third-order valence-electron chi connectivity index (χ3n) is 4.30. The third-order valence-corrected chi connectivity index (χ3v) is 4.30. The molecule has 0 radical (unpaired) electrons. The lowest BCUT2D eigenvalue weighted by atomic mass is 9.92. The van der Waals surface area contributed by atoms with Gasteiger partial charge in [-0.05, 0) is 55.8 Å². The van der Waals surface area contributed by atoms with Crippen LogP contribution in [0.2, 0.25) is 0 Å². The van der Waals surface area contributed by atoms with Crippen LogP contribution in [0.4, 0.5) is 5.82 Å². The molecule has 2 rings (SSSR count). The predicted molar refractivity (Wildman–Crippen MR) is 90.8 cm³/mol. The molecule has 0 bridgehead atoms. The highest BCUT2D eigenvalue weighted by Gasteiger charge is 2.23. The fraction of sp³-hybridized carbons (Fsp3) is 0.722. The van der Waals surface area contributed by atoms with Gasteiger partial charge in [0, 0.05) is 25.3 Å². The smallest absolute Gasteiger partial charge is 0.129 e. The number of anilines is 1. The summed E-state index contributed by atoms with van der Waals surface area (Å²) in [5, 5.41) is 3.55. The summed E-state index contributed by atoms with van der Waals surface area (Å²) in [6, 6.07) is 5.24. The normalized spacial score (nSPS) is 15.3. The Morgan fingerprint density at radius 2 is 2.10 bits per heavy atom. The molecular weight excluding hydrogens is 258 g/mol. The quantitative estimate of drug-likeness (QED) is 0.789. The first-order valence-corrected chi connectivity index (χ1v) is 8.53. The molecule has 1 saturated carbocycles. The van der Waals surface area contributed by atoms with Gasteiger partial charge < -0.3 is 10.2 Å². The zero-order valence-corrected chi connectivity index (χ0v) is 14.2. The SMILES string of the molecule is CCCc1cc(CNCC(C)C)cc(N(C)C2CCC2)n1. The number of nitrogens with one attached hydrogen (secondary N) is 1. The summed E-state index contributed by atoms with van der Waals surface area (Å²) < 4.78 is 0. The lowest BCUT2D eigenvalue weighted by molar-refractivity contribution is 0.399. The Labute approximate surface area is 130 Å². The van der Waals surface area contributed by atoms with Crippen molar-refractivity contribution in [2.45, 2.75) is 65.5 Å². The molecule has 1 aliphatic carbocycles. The van der Waals surface area contributed by atoms with E-state index in [1.807, 2.05) is 0 Å². The van der Waals surface area contributed by atoms with E-state index in [0.29, 0.717) is 12.0 Å². The van der Waals surface area contributed by atoms with Crippen LogP contribution in [0.25, 0.3) is 0 Å². The minimum absolute atomic E-state index is 0.694. The van der Waals surface area contributed by atoms with E-state index in [4.69, 9.17) is 4.98 Å². The molecule has 21 heavy (non-hydrogen) atoms. The highest BCUT2D eigenvalue weighted by molar-refractivity contribution is 5.43. The van der Waals surface area contributed by atoms with E-state index in [9.17, 15) is 0 Å². The predicted octanol–water partition coefficient (Wildman–Crippen LogP) is 3.77. The molecule has 0 aliphatic heterocycles. The van der Waals surface area contributed by atoms with Crippen molar-refractivity contribution >= 4 is 5.82 Å². The third kappa shape index (κ3) is 4.70. The zero-order chi connectivity index (χ0) is 15.2. The second kappa shape index (κ2) is 7.79. The first-order valence-electron chi connectivity index (χ1n) is 8.53. The fourth-order valence-corrected chi connectivity index (χ4v) is 2.77. The molecule has 0 amide bonds. The Kier molecular flexibility index (Phi) is 6.04. The molecule has 1 fully saturated rings. The molecule has 1 aromatic heterocycles. The molecule has 3 heteroatoms. The van der Waals surface area contributed by atoms with Crippen LogP contribution in [0, 0.1) is 5.92 Å². The molecule has 0 saturated heterocycles. The number of nitrogens with zero attached hydrogens (tertiary/aromatic N) is 2. The lowest BCUT2D eigenvalue weighted by Gasteiger charge is -2.36. The minimum atomic E-state index is 0.694. The monoisotopic (exact) mass is 289 g/mol. The molecule has 0 spiro atoms. The first-order chi connectivity index (χ1) is 10.1. The van der Waals surface area contributed by atoms with Gasteiger partial charge in [0.15, 0.2) is 0 Å². The first kappa shape index (κ1) is 16.3. The van der Waals surface area contributed by atoms with Crippen molar-refractivity contribution < 1.29 is 0 Å². The summed E-state index contributed by atoms with van der Waals surface area (Å²) in [6.45, 7) is 8.73. The molecule has 0 atom stereocenters. The molecule has 0 unspecified atom stereocenters. The Bertz CT molecular complexity index is 438. The van der Waals surface area contributed by atoms with Crippen LogP contribution < -0.4 is 10.2 Å².